The molecule has 31 N–H and O–H groups in total. The topological polar surface area (TPSA) is 882 Å². The summed E-state index contributed by atoms with van der Waals surface area (Å²) >= 11 is 2.11. The number of halogens is 1. The molecule has 0 aromatic carbocycles. The highest BCUT2D eigenvalue weighted by Gasteiger charge is 2.63. The monoisotopic (exact) mass is 2210 g/mol. The van der Waals surface area contributed by atoms with E-state index < -0.39 is 436 Å². The van der Waals surface area contributed by atoms with Crippen molar-refractivity contribution in [3.8, 4) is 0 Å². The number of Topliss-reactive ketones (excluding diaryl/α,β-unsaturated/α-hetero) is 1. The van der Waals surface area contributed by atoms with Crippen molar-refractivity contribution in [2.24, 2.45) is 0 Å². The van der Waals surface area contributed by atoms with Crippen LogP contribution in [0.3, 0.4) is 0 Å². The molecule has 144 heavy (non-hydrogen) atoms. The molecule has 0 radical (unpaired) electrons. The molecule has 11 aliphatic rings. The van der Waals surface area contributed by atoms with Crippen LogP contribution in [-0.4, -0.2) is 562 Å². The van der Waals surface area contributed by atoms with Gasteiger partial charge in [0.2, 0.25) is 35.3 Å². The smallest absolute Gasteiger partial charge is 0.229 e. The highest BCUT2D eigenvalue weighted by atomic mass is 127. The van der Waals surface area contributed by atoms with Crippen molar-refractivity contribution >= 4 is 57.9 Å². The number of carbonyl (C=O) groups excluding carboxylic acids is 6. The fourth-order valence-electron chi connectivity index (χ4n) is 19.5. The second-order valence-electron chi connectivity index (χ2n) is 37.6. The van der Waals surface area contributed by atoms with Crippen LogP contribution in [0.5, 0.6) is 0 Å². The van der Waals surface area contributed by atoms with Gasteiger partial charge in [0.1, 0.15) is 226 Å². The van der Waals surface area contributed by atoms with E-state index in [2.05, 4.69) is 49.2 Å². The van der Waals surface area contributed by atoms with E-state index in [0.29, 0.717) is 12.8 Å². The molecule has 11 rings (SSSR count). The molecule has 58 nitrogen and oxygen atoms in total. The normalized spacial score (nSPS) is 46.4. The van der Waals surface area contributed by atoms with Gasteiger partial charge in [0.25, 0.3) is 0 Å². The van der Waals surface area contributed by atoms with E-state index in [1.54, 1.807) is 13.8 Å². The molecule has 0 unspecified atom stereocenters. The Kier molecular flexibility index (Phi) is 43.9. The van der Waals surface area contributed by atoms with Gasteiger partial charge in [-0.15, -0.1) is 0 Å². The van der Waals surface area contributed by atoms with E-state index >= 15 is 0 Å². The van der Waals surface area contributed by atoms with Crippen molar-refractivity contribution in [2.45, 2.75) is 429 Å². The molecular formula is C85H142IN5O53. The average Bonchev–Trinajstić information content (AvgIpc) is 0.710. The molecule has 832 valence electrons. The Morgan fingerprint density at radius 2 is 0.729 bits per heavy atom. The van der Waals surface area contributed by atoms with E-state index in [1.165, 1.54) is 13.8 Å². The molecule has 11 heterocycles. The third-order valence-corrected chi connectivity index (χ3v) is 29.7. The Balaban J connectivity index is 0.913. The van der Waals surface area contributed by atoms with Gasteiger partial charge in [0, 0.05) is 64.4 Å². The lowest BCUT2D eigenvalue weighted by Crippen LogP contribution is -2.72. The standard InChI is InChI=1S/C85H142IN5O53/c1-10-84(86,11-2)74-46(88-29(6)101)55(112)71(45(128-74)24-124-79-63(120)59(116)50(107)26(3)127-79)138-77-48(90-31(8)103)57(114)70(42(22-98)134-77)141-82-66(123)72(54(111)43(136-82)23-125-83-73(62(119)52(109)39(19-95)132-83)143-78-49(91-32(9)104)58(115)69(41(21-97)135-78)139-80-64(121)60(117)51(108)38(18-94)131-80)142-75-36(16-35(106)37(17-93)130-75)129-76-47(89-30(7)102)56(113)68(40(20-96)133-76)140-81-65(122)61(118)53(110)44(137-81)25-126-85(27(4)99)14-12-33(87-28(5)100)67(144-85)34(105)13-15-92/h26,33-83,92-98,105-123H,10-25H2,1-9H3,(H,87,100)(H,88,101)(H,89,102)(H,90,103)(H,91,104)/t26-,33+,34+,35-,36-,37+,38+,39+,40+,41+,42+,43+,44+,45+,46+,47+,48+,49+,50+,51-,52+,53-,54+,55+,56+,57+,58+,59+,60-,61-,62-,63-,64+,65+,66-,67+,68+,69+,70+,71+,72-,73-,74+,75+,76+,77-,78-,79+,80-,81-,82-,83-,85+/m0/s1. The largest absolute Gasteiger partial charge is 0.396 e. The fraction of sp³-hybridized carbons (Fsp3) is 0.929. The first-order chi connectivity index (χ1) is 68.0. The summed E-state index contributed by atoms with van der Waals surface area (Å²) in [7, 11) is 0. The van der Waals surface area contributed by atoms with E-state index in [1.807, 2.05) is 0 Å². The van der Waals surface area contributed by atoms with Crippen LogP contribution >= 0.6 is 22.6 Å². The van der Waals surface area contributed by atoms with E-state index in [9.17, 15) is 162 Å². The molecule has 53 atom stereocenters. The molecule has 0 bridgehead atoms. The summed E-state index contributed by atoms with van der Waals surface area (Å²) in [5, 5.41) is 308. The number of hydrogen-bond donors (Lipinski definition) is 31. The minimum absolute atomic E-state index is 0.0590. The first-order valence-electron chi connectivity index (χ1n) is 47.5. The molecular weight excluding hydrogens is 2070 g/mol. The minimum atomic E-state index is -2.57. The maximum Gasteiger partial charge on any atom is 0.229 e. The highest BCUT2D eigenvalue weighted by Crippen LogP contribution is 2.45. The van der Waals surface area contributed by atoms with Gasteiger partial charge in [-0.1, -0.05) is 36.4 Å². The number of hydrogen-bond acceptors (Lipinski definition) is 53. The third-order valence-electron chi connectivity index (χ3n) is 27.6. The molecule has 59 heteroatoms. The molecule has 0 saturated carbocycles. The molecule has 0 aliphatic carbocycles. The van der Waals surface area contributed by atoms with Crippen molar-refractivity contribution < 1.29 is 261 Å². The maximum absolute atomic E-state index is 13.6. The minimum Gasteiger partial charge on any atom is -0.396 e. The number of nitrogens with one attached hydrogen (secondary N) is 5. The summed E-state index contributed by atoms with van der Waals surface area (Å²) in [5.74, 6) is -7.12. The Hall–Kier alpha value is -4.13. The van der Waals surface area contributed by atoms with Gasteiger partial charge < -0.3 is 259 Å². The van der Waals surface area contributed by atoms with Gasteiger partial charge in [0.05, 0.1) is 96.0 Å². The average molecular weight is 2210 g/mol. The van der Waals surface area contributed by atoms with Crippen molar-refractivity contribution in [2.75, 3.05) is 66.1 Å². The maximum atomic E-state index is 13.6. The van der Waals surface area contributed by atoms with Gasteiger partial charge in [0.15, 0.2) is 62.4 Å². The second kappa shape index (κ2) is 52.7. The first kappa shape index (κ1) is 120. The van der Waals surface area contributed by atoms with Crippen molar-refractivity contribution in [1.82, 2.24) is 26.6 Å². The summed E-state index contributed by atoms with van der Waals surface area (Å²) in [5.41, 5.74) is 0. The second-order valence-corrected chi connectivity index (χ2v) is 39.8. The lowest BCUT2D eigenvalue weighted by molar-refractivity contribution is -0.392. The van der Waals surface area contributed by atoms with Crippen LogP contribution in [0.1, 0.15) is 101 Å². The molecule has 0 spiro atoms. The van der Waals surface area contributed by atoms with Crippen molar-refractivity contribution in [1.29, 1.82) is 0 Å². The van der Waals surface area contributed by atoms with E-state index in [0.717, 1.165) is 34.6 Å². The van der Waals surface area contributed by atoms with Gasteiger partial charge in [-0.05, 0) is 32.6 Å². The number of rotatable bonds is 41. The highest BCUT2D eigenvalue weighted by molar-refractivity contribution is 14.1. The number of aliphatic hydroxyl groups excluding tert-OH is 26. The lowest BCUT2D eigenvalue weighted by Gasteiger charge is -2.52. The van der Waals surface area contributed by atoms with Crippen molar-refractivity contribution in [3.05, 3.63) is 0 Å². The van der Waals surface area contributed by atoms with Crippen LogP contribution in [0.2, 0.25) is 0 Å². The third kappa shape index (κ3) is 27.2. The zero-order chi connectivity index (χ0) is 106. The molecule has 0 aromatic heterocycles. The summed E-state index contributed by atoms with van der Waals surface area (Å²) in [6, 6.07) is -8.14. The zero-order valence-corrected chi connectivity index (χ0v) is 82.0. The number of amides is 5. The lowest BCUT2D eigenvalue weighted by atomic mass is 9.83. The number of carbonyl (C=O) groups is 6. The fourth-order valence-corrected chi connectivity index (χ4v) is 20.0. The van der Waals surface area contributed by atoms with E-state index in [-0.39, 0.29) is 19.3 Å². The molecule has 0 aromatic rings. The zero-order valence-electron chi connectivity index (χ0n) is 79.9. The summed E-state index contributed by atoms with van der Waals surface area (Å²) < 4.78 is 128. The van der Waals surface area contributed by atoms with Gasteiger partial charge in [-0.3, -0.25) is 28.8 Å². The van der Waals surface area contributed by atoms with Crippen LogP contribution in [0.4, 0.5) is 0 Å². The number of ketones is 1. The predicted octanol–water partition coefficient (Wildman–Crippen LogP) is -17.4. The van der Waals surface area contributed by atoms with Crippen LogP contribution in [0.25, 0.3) is 0 Å². The summed E-state index contributed by atoms with van der Waals surface area (Å²) in [4.78, 5) is 78.9. The van der Waals surface area contributed by atoms with Gasteiger partial charge in [-0.2, -0.15) is 0 Å². The quantitative estimate of drug-likeness (QED) is 0.0200. The molecule has 5 amide bonds. The Labute approximate surface area is 836 Å². The van der Waals surface area contributed by atoms with Crippen LogP contribution in [-0.2, 0) is 128 Å². The number of alkyl halides is 1. The summed E-state index contributed by atoms with van der Waals surface area (Å²) in [6.45, 7) is 1.17. The number of ether oxygens (including phenoxy) is 21. The van der Waals surface area contributed by atoms with Gasteiger partial charge >= 0.3 is 0 Å². The summed E-state index contributed by atoms with van der Waals surface area (Å²) in [6.07, 6.45) is -93.9. The molecule has 11 saturated heterocycles. The van der Waals surface area contributed by atoms with Crippen LogP contribution < -0.4 is 26.6 Å². The Morgan fingerprint density at radius 1 is 0.361 bits per heavy atom. The van der Waals surface area contributed by atoms with Crippen molar-refractivity contribution in [3.63, 3.8) is 0 Å². The predicted molar refractivity (Wildman–Crippen MR) is 470 cm³/mol. The Morgan fingerprint density at radius 3 is 1.19 bits per heavy atom. The Bertz CT molecular complexity index is 4050. The SMILES string of the molecule is CCC(I)(CC)[C@@H]1O[C@H](CO[C@@H]2O[C@@H](C)[C@@H](O)[C@@H](O)[C@@H]2O)[C@@H](O[C@@H]2O[C@H](CO)[C@@H](O[C@@H]3O[C@H](CO[C@H]4O[C@H](CO)[C@@H](O)[C@H](O)[C@@H]4O[C@@H]4O[C@H](CO)[C@@H](O[C@@H]5O[C@H](CO)[C@H](O)[C@H](O)[C@H]5O)[C@H](O)[C@H]4NC(C)=O)[C@@H](O)[C@H](O[C@H]4O[C@H](CO)[C@@H](O)C[C@@H]4O[C@@H]4O[C@H](CO)[C@@H](O[C@@H]5O[C@H](CO[C@]6(C(C)=O)CC[C@@H](NC(C)=O)[C@H]([C@H](O)CCO)O6)[C@H](O)[C@H](O)[C@H]5O)[C@H](O)[C@H]4NC(C)=O)[C@@H]3O)[C@H](O)[C@H]2NC(C)=O)[C@H](O)[C@H]1NC(C)=O. The number of aliphatic hydroxyl groups is 26. The van der Waals surface area contributed by atoms with E-state index in [4.69, 9.17) is 99.5 Å². The van der Waals surface area contributed by atoms with Gasteiger partial charge in [-0.25, -0.2) is 0 Å². The van der Waals surface area contributed by atoms with Crippen LogP contribution in [0, 0.1) is 0 Å². The molecule has 11 fully saturated rings. The first-order valence-corrected chi connectivity index (χ1v) is 48.5. The molecule has 11 aliphatic heterocycles. The van der Waals surface area contributed by atoms with Crippen LogP contribution in [0.15, 0.2) is 0 Å².